The van der Waals surface area contributed by atoms with Gasteiger partial charge < -0.3 is 20.1 Å². The van der Waals surface area contributed by atoms with Crippen molar-refractivity contribution in [2.45, 2.75) is 32.2 Å². The predicted molar refractivity (Wildman–Crippen MR) is 66.4 cm³/mol. The second-order valence-electron chi connectivity index (χ2n) is 5.16. The summed E-state index contributed by atoms with van der Waals surface area (Å²) in [4.78, 5) is 22.7. The molecule has 1 unspecified atom stereocenters. The molecule has 9 heteroatoms. The van der Waals surface area contributed by atoms with Crippen molar-refractivity contribution in [1.82, 2.24) is 10.6 Å². The Balaban J connectivity index is 2.50. The van der Waals surface area contributed by atoms with Crippen LogP contribution in [0.3, 0.4) is 0 Å². The highest BCUT2D eigenvalue weighted by Gasteiger charge is 2.41. The molecule has 1 aliphatic rings. The van der Waals surface area contributed by atoms with E-state index in [1.807, 2.05) is 13.8 Å². The predicted octanol–water partition coefficient (Wildman–Crippen LogP) is 0.221. The van der Waals surface area contributed by atoms with E-state index in [0.29, 0.717) is 13.2 Å². The highest BCUT2D eigenvalue weighted by atomic mass is 19.4. The van der Waals surface area contributed by atoms with Crippen LogP contribution < -0.4 is 10.6 Å². The van der Waals surface area contributed by atoms with Gasteiger partial charge in [-0.2, -0.15) is 13.2 Å². The van der Waals surface area contributed by atoms with Gasteiger partial charge in [-0.05, 0) is 5.92 Å². The van der Waals surface area contributed by atoms with Gasteiger partial charge in [-0.25, -0.2) is 0 Å². The van der Waals surface area contributed by atoms with Crippen LogP contribution in [0, 0.1) is 5.92 Å². The summed E-state index contributed by atoms with van der Waals surface area (Å²) in [6, 6.07) is -1.39. The Morgan fingerprint density at radius 1 is 1.38 bits per heavy atom. The zero-order valence-corrected chi connectivity index (χ0v) is 11.8. The Hall–Kier alpha value is -1.35. The zero-order chi connectivity index (χ0) is 16.0. The highest BCUT2D eigenvalue weighted by Crippen LogP contribution is 2.15. The number of epoxide rings is 1. The van der Waals surface area contributed by atoms with Crippen LogP contribution in [-0.2, 0) is 19.1 Å². The molecule has 0 aliphatic carbocycles. The van der Waals surface area contributed by atoms with Crippen LogP contribution in [0.4, 0.5) is 13.2 Å². The number of ether oxygens (including phenoxy) is 2. The van der Waals surface area contributed by atoms with Crippen LogP contribution in [-0.4, -0.2) is 56.5 Å². The average Bonchev–Trinajstić information content (AvgIpc) is 3.17. The fourth-order valence-electron chi connectivity index (χ4n) is 1.33. The van der Waals surface area contributed by atoms with Crippen molar-refractivity contribution in [3.8, 4) is 0 Å². The van der Waals surface area contributed by atoms with Gasteiger partial charge in [0.05, 0.1) is 19.8 Å². The summed E-state index contributed by atoms with van der Waals surface area (Å²) >= 11 is 0. The van der Waals surface area contributed by atoms with Gasteiger partial charge in [0.2, 0.25) is 5.91 Å². The van der Waals surface area contributed by atoms with Crippen LogP contribution in [0.2, 0.25) is 0 Å². The van der Waals surface area contributed by atoms with E-state index < -0.39 is 24.0 Å². The van der Waals surface area contributed by atoms with Crippen molar-refractivity contribution in [1.29, 1.82) is 0 Å². The van der Waals surface area contributed by atoms with Gasteiger partial charge in [-0.15, -0.1) is 0 Å². The lowest BCUT2D eigenvalue weighted by Crippen LogP contribution is -2.53. The molecule has 0 aromatic carbocycles. The summed E-state index contributed by atoms with van der Waals surface area (Å²) in [6.07, 6.45) is -5.13. The number of halogens is 3. The zero-order valence-electron chi connectivity index (χ0n) is 11.8. The van der Waals surface area contributed by atoms with Gasteiger partial charge in [0, 0.05) is 6.54 Å². The topological polar surface area (TPSA) is 80.0 Å². The van der Waals surface area contributed by atoms with Crippen molar-refractivity contribution < 1.29 is 32.2 Å². The van der Waals surface area contributed by atoms with Crippen LogP contribution >= 0.6 is 0 Å². The molecule has 0 aromatic heterocycles. The van der Waals surface area contributed by atoms with E-state index >= 15 is 0 Å². The Labute approximate surface area is 120 Å². The molecule has 2 atom stereocenters. The number of nitrogens with one attached hydrogen (secondary N) is 2. The van der Waals surface area contributed by atoms with E-state index in [-0.39, 0.29) is 25.2 Å². The minimum atomic E-state index is -5.05. The van der Waals surface area contributed by atoms with Crippen molar-refractivity contribution in [2.24, 2.45) is 5.92 Å². The number of hydrogen-bond donors (Lipinski definition) is 2. The minimum Gasteiger partial charge on any atom is -0.376 e. The molecule has 1 aliphatic heterocycles. The second kappa shape index (κ2) is 7.60. The molecule has 1 heterocycles. The van der Waals surface area contributed by atoms with Gasteiger partial charge in [0.15, 0.2) is 0 Å². The van der Waals surface area contributed by atoms with Gasteiger partial charge >= 0.3 is 12.1 Å². The number of alkyl halides is 3. The van der Waals surface area contributed by atoms with Crippen LogP contribution in [0.15, 0.2) is 0 Å². The van der Waals surface area contributed by atoms with Crippen molar-refractivity contribution in [2.75, 3.05) is 26.4 Å². The van der Waals surface area contributed by atoms with Gasteiger partial charge in [-0.1, -0.05) is 13.8 Å². The molecule has 2 N–H and O–H groups in total. The first-order chi connectivity index (χ1) is 9.70. The SMILES string of the molecule is CC(C)CNC(=O)[C@H](COCC1CO1)NC(=O)C(F)(F)F. The number of rotatable bonds is 8. The lowest BCUT2D eigenvalue weighted by molar-refractivity contribution is -0.175. The summed E-state index contributed by atoms with van der Waals surface area (Å²) in [7, 11) is 0. The molecule has 0 saturated carbocycles. The number of carbonyl (C=O) groups excluding carboxylic acids is 2. The van der Waals surface area contributed by atoms with Crippen LogP contribution in [0.1, 0.15) is 13.8 Å². The molecule has 0 spiro atoms. The smallest absolute Gasteiger partial charge is 0.376 e. The average molecular weight is 312 g/mol. The number of carbonyl (C=O) groups is 2. The number of amides is 2. The fourth-order valence-corrected chi connectivity index (χ4v) is 1.33. The maximum atomic E-state index is 12.2. The van der Waals surface area contributed by atoms with Gasteiger partial charge in [0.25, 0.3) is 0 Å². The van der Waals surface area contributed by atoms with E-state index in [9.17, 15) is 22.8 Å². The Morgan fingerprint density at radius 2 is 2.00 bits per heavy atom. The van der Waals surface area contributed by atoms with E-state index in [1.54, 1.807) is 5.32 Å². The highest BCUT2D eigenvalue weighted by molar-refractivity contribution is 5.89. The Morgan fingerprint density at radius 3 is 2.48 bits per heavy atom. The molecule has 1 saturated heterocycles. The molecule has 122 valence electrons. The summed E-state index contributed by atoms with van der Waals surface area (Å²) in [5, 5.41) is 4.09. The maximum absolute atomic E-state index is 12.2. The van der Waals surface area contributed by atoms with Crippen molar-refractivity contribution >= 4 is 11.8 Å². The number of hydrogen-bond acceptors (Lipinski definition) is 4. The quantitative estimate of drug-likeness (QED) is 0.629. The second-order valence-corrected chi connectivity index (χ2v) is 5.16. The molecule has 0 bridgehead atoms. The lowest BCUT2D eigenvalue weighted by atomic mass is 10.2. The summed E-state index contributed by atoms with van der Waals surface area (Å²) in [5.74, 6) is -2.75. The first kappa shape index (κ1) is 17.7. The Kier molecular flexibility index (Phi) is 6.41. The molecule has 21 heavy (non-hydrogen) atoms. The molecular formula is C12H19F3N2O4. The van der Waals surface area contributed by atoms with Gasteiger partial charge in [0.1, 0.15) is 12.1 Å². The molecule has 1 rings (SSSR count). The van der Waals surface area contributed by atoms with Gasteiger partial charge in [-0.3, -0.25) is 9.59 Å². The normalized spacial score (nSPS) is 19.2. The largest absolute Gasteiger partial charge is 0.471 e. The molecule has 1 fully saturated rings. The van der Waals surface area contributed by atoms with E-state index in [1.165, 1.54) is 0 Å². The Bertz CT molecular complexity index is 370. The fraction of sp³-hybridized carbons (Fsp3) is 0.833. The first-order valence-electron chi connectivity index (χ1n) is 6.55. The van der Waals surface area contributed by atoms with E-state index in [4.69, 9.17) is 9.47 Å². The molecule has 0 radical (unpaired) electrons. The van der Waals surface area contributed by atoms with Crippen LogP contribution in [0.5, 0.6) is 0 Å². The third-order valence-electron chi connectivity index (χ3n) is 2.55. The molecule has 6 nitrogen and oxygen atoms in total. The van der Waals surface area contributed by atoms with E-state index in [2.05, 4.69) is 5.32 Å². The minimum absolute atomic E-state index is 0.0808. The molecule has 0 aromatic rings. The van der Waals surface area contributed by atoms with Crippen LogP contribution in [0.25, 0.3) is 0 Å². The molecule has 2 amide bonds. The maximum Gasteiger partial charge on any atom is 0.471 e. The lowest BCUT2D eigenvalue weighted by Gasteiger charge is -2.19. The third-order valence-corrected chi connectivity index (χ3v) is 2.55. The third kappa shape index (κ3) is 7.28. The summed E-state index contributed by atoms with van der Waals surface area (Å²) in [5.41, 5.74) is 0. The van der Waals surface area contributed by atoms with Crippen molar-refractivity contribution in [3.63, 3.8) is 0 Å². The van der Waals surface area contributed by atoms with E-state index in [0.717, 1.165) is 0 Å². The standard InChI is InChI=1S/C12H19F3N2O4/c1-7(2)3-16-10(18)9(6-20-4-8-5-21-8)17-11(19)12(13,14)15/h7-9H,3-6H2,1-2H3,(H,16,18)(H,17,19)/t8?,9-/m0/s1. The molecular weight excluding hydrogens is 293 g/mol. The summed E-state index contributed by atoms with van der Waals surface area (Å²) < 4.78 is 46.7. The first-order valence-corrected chi connectivity index (χ1v) is 6.55. The van der Waals surface area contributed by atoms with Crippen molar-refractivity contribution in [3.05, 3.63) is 0 Å². The summed E-state index contributed by atoms with van der Waals surface area (Å²) in [6.45, 7) is 4.33. The monoisotopic (exact) mass is 312 g/mol.